The average Bonchev–Trinajstić information content (AvgIpc) is 2.45. The van der Waals surface area contributed by atoms with Gasteiger partial charge in [0.1, 0.15) is 11.6 Å². The van der Waals surface area contributed by atoms with E-state index in [4.69, 9.17) is 0 Å². The highest BCUT2D eigenvalue weighted by Gasteiger charge is 2.14. The topological polar surface area (TPSA) is 41.1 Å². The van der Waals surface area contributed by atoms with Crippen LogP contribution in [0.15, 0.2) is 18.2 Å². The van der Waals surface area contributed by atoms with E-state index in [1.165, 1.54) is 12.1 Å². The van der Waals surface area contributed by atoms with Crippen LogP contribution in [0.1, 0.15) is 31.2 Å². The maximum atomic E-state index is 13.4. The van der Waals surface area contributed by atoms with Crippen LogP contribution >= 0.6 is 0 Å². The number of nitrogens with one attached hydrogen (secondary N) is 2. The van der Waals surface area contributed by atoms with E-state index in [-0.39, 0.29) is 12.5 Å². The van der Waals surface area contributed by atoms with Gasteiger partial charge in [0.15, 0.2) is 0 Å². The van der Waals surface area contributed by atoms with Crippen LogP contribution in [0.2, 0.25) is 0 Å². The van der Waals surface area contributed by atoms with Gasteiger partial charge in [0.05, 0.1) is 0 Å². The van der Waals surface area contributed by atoms with Gasteiger partial charge in [0.25, 0.3) is 0 Å². The van der Waals surface area contributed by atoms with E-state index in [9.17, 15) is 13.6 Å². The summed E-state index contributed by atoms with van der Waals surface area (Å²) in [6.45, 7) is 2.15. The van der Waals surface area contributed by atoms with Gasteiger partial charge in [-0.15, -0.1) is 0 Å². The van der Waals surface area contributed by atoms with Crippen LogP contribution in [-0.2, 0) is 11.3 Å². The highest BCUT2D eigenvalue weighted by atomic mass is 19.1. The van der Waals surface area contributed by atoms with Gasteiger partial charge in [-0.3, -0.25) is 4.79 Å². The van der Waals surface area contributed by atoms with Gasteiger partial charge in [-0.2, -0.15) is 0 Å². The lowest BCUT2D eigenvalue weighted by Gasteiger charge is -2.22. The molecule has 0 aliphatic carbocycles. The van der Waals surface area contributed by atoms with Gasteiger partial charge in [-0.25, -0.2) is 8.78 Å². The zero-order chi connectivity index (χ0) is 14.4. The van der Waals surface area contributed by atoms with E-state index in [1.807, 2.05) is 0 Å². The number of benzene rings is 1. The molecule has 2 rings (SSSR count). The number of amides is 1. The summed E-state index contributed by atoms with van der Waals surface area (Å²) < 4.78 is 26.1. The summed E-state index contributed by atoms with van der Waals surface area (Å²) >= 11 is 0. The number of halogens is 2. The van der Waals surface area contributed by atoms with Gasteiger partial charge in [-0.1, -0.05) is 6.07 Å². The van der Waals surface area contributed by atoms with Crippen molar-refractivity contribution in [2.24, 2.45) is 5.92 Å². The van der Waals surface area contributed by atoms with Crippen molar-refractivity contribution < 1.29 is 13.6 Å². The molecule has 0 saturated carbocycles. The van der Waals surface area contributed by atoms with Gasteiger partial charge in [-0.05, 0) is 44.3 Å². The molecule has 1 saturated heterocycles. The fourth-order valence-electron chi connectivity index (χ4n) is 2.45. The third-order valence-electron chi connectivity index (χ3n) is 3.73. The van der Waals surface area contributed by atoms with Crippen molar-refractivity contribution in [1.29, 1.82) is 0 Å². The molecule has 1 aromatic carbocycles. The molecule has 20 heavy (non-hydrogen) atoms. The van der Waals surface area contributed by atoms with Gasteiger partial charge in [0, 0.05) is 24.6 Å². The number of rotatable bonds is 5. The third-order valence-corrected chi connectivity index (χ3v) is 3.73. The maximum absolute atomic E-state index is 13.4. The van der Waals surface area contributed by atoms with Crippen LogP contribution in [-0.4, -0.2) is 19.0 Å². The number of hydrogen-bond acceptors (Lipinski definition) is 2. The molecular formula is C15H20F2N2O. The molecule has 0 aromatic heterocycles. The van der Waals surface area contributed by atoms with Gasteiger partial charge >= 0.3 is 0 Å². The number of carbonyl (C=O) groups excluding carboxylic acids is 1. The van der Waals surface area contributed by atoms with E-state index in [2.05, 4.69) is 10.6 Å². The normalized spacial score (nSPS) is 16.1. The first kappa shape index (κ1) is 14.9. The van der Waals surface area contributed by atoms with Crippen molar-refractivity contribution in [3.63, 3.8) is 0 Å². The predicted octanol–water partition coefficient (Wildman–Crippen LogP) is 2.36. The van der Waals surface area contributed by atoms with Crippen LogP contribution in [0.4, 0.5) is 8.78 Å². The molecule has 0 radical (unpaired) electrons. The van der Waals surface area contributed by atoms with E-state index < -0.39 is 11.6 Å². The lowest BCUT2D eigenvalue weighted by molar-refractivity contribution is -0.121. The summed E-state index contributed by atoms with van der Waals surface area (Å²) in [5.74, 6) is -0.705. The molecule has 0 atom stereocenters. The van der Waals surface area contributed by atoms with E-state index in [0.717, 1.165) is 38.4 Å². The molecule has 110 valence electrons. The second kappa shape index (κ2) is 7.33. The molecular weight excluding hydrogens is 262 g/mol. The first-order valence-electron chi connectivity index (χ1n) is 7.06. The Bertz CT molecular complexity index is 459. The van der Waals surface area contributed by atoms with Crippen LogP contribution in [0, 0.1) is 17.6 Å². The summed E-state index contributed by atoms with van der Waals surface area (Å²) in [4.78, 5) is 11.7. The Labute approximate surface area is 117 Å². The molecule has 1 fully saturated rings. The largest absolute Gasteiger partial charge is 0.352 e. The highest BCUT2D eigenvalue weighted by molar-refractivity contribution is 5.75. The fraction of sp³-hybridized carbons (Fsp3) is 0.533. The number of carbonyl (C=O) groups is 1. The Morgan fingerprint density at radius 2 is 2.05 bits per heavy atom. The van der Waals surface area contributed by atoms with Crippen molar-refractivity contribution >= 4 is 5.91 Å². The fourth-order valence-corrected chi connectivity index (χ4v) is 2.45. The second-order valence-corrected chi connectivity index (χ2v) is 5.24. The van der Waals surface area contributed by atoms with Gasteiger partial charge < -0.3 is 10.6 Å². The average molecular weight is 282 g/mol. The Morgan fingerprint density at radius 3 is 2.75 bits per heavy atom. The molecule has 1 aliphatic rings. The summed E-state index contributed by atoms with van der Waals surface area (Å²) in [6.07, 6.45) is 3.56. The van der Waals surface area contributed by atoms with Crippen molar-refractivity contribution in [2.75, 3.05) is 13.1 Å². The summed E-state index contributed by atoms with van der Waals surface area (Å²) in [5.41, 5.74) is 0.307. The lowest BCUT2D eigenvalue weighted by atomic mass is 9.93. The Morgan fingerprint density at radius 1 is 1.30 bits per heavy atom. The summed E-state index contributed by atoms with van der Waals surface area (Å²) in [6, 6.07) is 3.38. The van der Waals surface area contributed by atoms with E-state index >= 15 is 0 Å². The van der Waals surface area contributed by atoms with Crippen molar-refractivity contribution in [3.8, 4) is 0 Å². The molecule has 0 spiro atoms. The predicted molar refractivity (Wildman–Crippen MR) is 73.0 cm³/mol. The quantitative estimate of drug-likeness (QED) is 0.870. The van der Waals surface area contributed by atoms with E-state index in [0.29, 0.717) is 17.9 Å². The first-order chi connectivity index (χ1) is 9.65. The van der Waals surface area contributed by atoms with Crippen LogP contribution < -0.4 is 10.6 Å². The van der Waals surface area contributed by atoms with Crippen molar-refractivity contribution in [1.82, 2.24) is 10.6 Å². The minimum absolute atomic E-state index is 0.0766. The lowest BCUT2D eigenvalue weighted by Crippen LogP contribution is -2.29. The number of hydrogen-bond donors (Lipinski definition) is 2. The van der Waals surface area contributed by atoms with Crippen molar-refractivity contribution in [2.45, 2.75) is 32.2 Å². The summed E-state index contributed by atoms with van der Waals surface area (Å²) in [5, 5.41) is 5.97. The third kappa shape index (κ3) is 4.56. The minimum atomic E-state index is -0.622. The van der Waals surface area contributed by atoms with Crippen molar-refractivity contribution in [3.05, 3.63) is 35.4 Å². The zero-order valence-corrected chi connectivity index (χ0v) is 11.4. The molecule has 0 bridgehead atoms. The molecule has 1 heterocycles. The Kier molecular flexibility index (Phi) is 5.47. The van der Waals surface area contributed by atoms with Crippen LogP contribution in [0.3, 0.4) is 0 Å². The zero-order valence-electron chi connectivity index (χ0n) is 11.4. The molecule has 3 nitrogen and oxygen atoms in total. The maximum Gasteiger partial charge on any atom is 0.220 e. The molecule has 1 aromatic rings. The van der Waals surface area contributed by atoms with E-state index in [1.54, 1.807) is 0 Å². The molecule has 2 N–H and O–H groups in total. The van der Waals surface area contributed by atoms with Crippen LogP contribution in [0.5, 0.6) is 0 Å². The molecule has 1 aliphatic heterocycles. The SMILES string of the molecule is O=C(CCC1CCNCC1)NCc1ccc(F)cc1F. The van der Waals surface area contributed by atoms with Gasteiger partial charge in [0.2, 0.25) is 5.91 Å². The first-order valence-corrected chi connectivity index (χ1v) is 7.06. The smallest absolute Gasteiger partial charge is 0.220 e. The van der Waals surface area contributed by atoms with Crippen LogP contribution in [0.25, 0.3) is 0 Å². The standard InChI is InChI=1S/C15H20F2N2O/c16-13-3-2-12(14(17)9-13)10-19-15(20)4-1-11-5-7-18-8-6-11/h2-3,9,11,18H,1,4-8,10H2,(H,19,20). The molecule has 1 amide bonds. The Balaban J connectivity index is 1.71. The monoisotopic (exact) mass is 282 g/mol. The minimum Gasteiger partial charge on any atom is -0.352 e. The second-order valence-electron chi connectivity index (χ2n) is 5.24. The number of piperidine rings is 1. The molecule has 5 heteroatoms. The Hall–Kier alpha value is -1.49. The highest BCUT2D eigenvalue weighted by Crippen LogP contribution is 2.17. The molecule has 0 unspecified atom stereocenters. The summed E-state index contributed by atoms with van der Waals surface area (Å²) in [7, 11) is 0.